The Hall–Kier alpha value is -0.440. The molecule has 0 rings (SSSR count). The Balaban J connectivity index is 4.53. The van der Waals surface area contributed by atoms with Crippen LogP contribution in [0.5, 0.6) is 0 Å². The number of hydrogen-bond acceptors (Lipinski definition) is 6. The van der Waals surface area contributed by atoms with Crippen molar-refractivity contribution in [2.45, 2.75) is 31.5 Å². The van der Waals surface area contributed by atoms with Crippen molar-refractivity contribution in [1.82, 2.24) is 5.32 Å². The number of aliphatic hydroxyl groups excluding tert-OH is 4. The Kier molecular flexibility index (Phi) is 8.40. The predicted octanol–water partition coefficient (Wildman–Crippen LogP) is -2.22. The molecule has 8 heteroatoms. The normalized spacial score (nSPS) is 18.2. The number of amides is 1. The molecule has 0 aromatic rings. The molecule has 0 saturated carbocycles. The second-order valence-corrected chi connectivity index (χ2v) is 3.71. The summed E-state index contributed by atoms with van der Waals surface area (Å²) < 4.78 is 4.75. The molecule has 1 unspecified atom stereocenters. The first kappa shape index (κ1) is 16.6. The maximum Gasteiger partial charge on any atom is 0.235 e. The van der Waals surface area contributed by atoms with Gasteiger partial charge >= 0.3 is 0 Å². The molecule has 17 heavy (non-hydrogen) atoms. The zero-order valence-electron chi connectivity index (χ0n) is 9.41. The molecule has 0 spiro atoms. The van der Waals surface area contributed by atoms with E-state index in [1.54, 1.807) is 0 Å². The molecule has 0 aromatic heterocycles. The van der Waals surface area contributed by atoms with Gasteiger partial charge in [-0.2, -0.15) is 0 Å². The molecule has 102 valence electrons. The average Bonchev–Trinajstić information content (AvgIpc) is 2.31. The van der Waals surface area contributed by atoms with Gasteiger partial charge in [-0.1, -0.05) is 0 Å². The van der Waals surface area contributed by atoms with Gasteiger partial charge in [0.2, 0.25) is 5.91 Å². The van der Waals surface area contributed by atoms with Crippen LogP contribution in [0.3, 0.4) is 0 Å². The van der Waals surface area contributed by atoms with E-state index in [1.165, 1.54) is 6.92 Å². The van der Waals surface area contributed by atoms with E-state index in [4.69, 9.17) is 21.4 Å². The summed E-state index contributed by atoms with van der Waals surface area (Å²) >= 11 is 5.27. The molecule has 0 aromatic carbocycles. The lowest BCUT2D eigenvalue weighted by Crippen LogP contribution is -2.55. The number of rotatable bonds is 8. The van der Waals surface area contributed by atoms with Gasteiger partial charge in [0.25, 0.3) is 0 Å². The molecule has 5 N–H and O–H groups in total. The van der Waals surface area contributed by atoms with Crippen LogP contribution in [0.1, 0.15) is 6.92 Å². The highest BCUT2D eigenvalue weighted by atomic mass is 35.5. The van der Waals surface area contributed by atoms with Gasteiger partial charge < -0.3 is 30.5 Å². The van der Waals surface area contributed by atoms with E-state index in [1.807, 2.05) is 0 Å². The van der Waals surface area contributed by atoms with Crippen LogP contribution in [0, 0.1) is 0 Å². The van der Waals surface area contributed by atoms with Gasteiger partial charge in [-0.25, -0.2) is 0 Å². The van der Waals surface area contributed by atoms with Gasteiger partial charge in [0, 0.05) is 0 Å². The quantitative estimate of drug-likeness (QED) is 0.252. The minimum absolute atomic E-state index is 0.166. The number of alkyl halides is 1. The molecule has 1 amide bonds. The number of nitrogens with one attached hydrogen (secondary N) is 1. The Labute approximate surface area is 104 Å². The monoisotopic (exact) mass is 271 g/mol. The maximum absolute atomic E-state index is 11.1. The predicted molar refractivity (Wildman–Crippen MR) is 59.4 cm³/mol. The van der Waals surface area contributed by atoms with E-state index in [9.17, 15) is 20.1 Å². The summed E-state index contributed by atoms with van der Waals surface area (Å²) in [7, 11) is 0. The Morgan fingerprint density at radius 3 is 2.41 bits per heavy atom. The van der Waals surface area contributed by atoms with Crippen molar-refractivity contribution in [2.24, 2.45) is 0 Å². The number of carbonyl (C=O) groups excluding carboxylic acids is 1. The van der Waals surface area contributed by atoms with Gasteiger partial charge in [0.15, 0.2) is 6.29 Å². The maximum atomic E-state index is 11.1. The molecule has 0 bridgehead atoms. The summed E-state index contributed by atoms with van der Waals surface area (Å²) in [6, 6.07) is -1.23. The van der Waals surface area contributed by atoms with Gasteiger partial charge in [0.05, 0.1) is 19.3 Å². The fraction of sp³-hybridized carbons (Fsp3) is 0.889. The Morgan fingerprint density at radius 2 is 2.00 bits per heavy atom. The Bertz CT molecular complexity index is 228. The number of aliphatic hydroxyl groups is 4. The second kappa shape index (κ2) is 8.62. The number of carbonyl (C=O) groups is 1. The van der Waals surface area contributed by atoms with E-state index >= 15 is 0 Å². The van der Waals surface area contributed by atoms with Crippen LogP contribution >= 0.6 is 11.6 Å². The van der Waals surface area contributed by atoms with Crippen LogP contribution in [0.2, 0.25) is 0 Å². The van der Waals surface area contributed by atoms with Gasteiger partial charge in [-0.15, -0.1) is 11.6 Å². The number of ether oxygens (including phenoxy) is 1. The lowest BCUT2D eigenvalue weighted by Gasteiger charge is -2.29. The van der Waals surface area contributed by atoms with Crippen LogP contribution in [0.25, 0.3) is 0 Å². The van der Waals surface area contributed by atoms with Crippen molar-refractivity contribution >= 4 is 17.5 Å². The summed E-state index contributed by atoms with van der Waals surface area (Å²) in [4.78, 5) is 11.1. The highest BCUT2D eigenvalue weighted by Crippen LogP contribution is 2.06. The van der Waals surface area contributed by atoms with Crippen LogP contribution < -0.4 is 5.32 Å². The van der Waals surface area contributed by atoms with Crippen molar-refractivity contribution < 1.29 is 30.0 Å². The minimum Gasteiger partial charge on any atom is -0.394 e. The van der Waals surface area contributed by atoms with Crippen LogP contribution in [-0.2, 0) is 9.53 Å². The smallest absolute Gasteiger partial charge is 0.235 e. The van der Waals surface area contributed by atoms with Crippen molar-refractivity contribution in [1.29, 1.82) is 0 Å². The van der Waals surface area contributed by atoms with E-state index in [0.29, 0.717) is 0 Å². The molecule has 0 saturated heterocycles. The summed E-state index contributed by atoms with van der Waals surface area (Å²) in [5.41, 5.74) is 0. The van der Waals surface area contributed by atoms with Crippen molar-refractivity contribution in [2.75, 3.05) is 19.1 Å². The first-order chi connectivity index (χ1) is 7.93. The topological polar surface area (TPSA) is 119 Å². The number of halogens is 1. The first-order valence-electron chi connectivity index (χ1n) is 5.06. The van der Waals surface area contributed by atoms with E-state index in [2.05, 4.69) is 5.32 Å². The second-order valence-electron chi connectivity index (χ2n) is 3.44. The zero-order chi connectivity index (χ0) is 13.4. The largest absolute Gasteiger partial charge is 0.394 e. The summed E-state index contributed by atoms with van der Waals surface area (Å²) in [6.07, 6.45) is -4.15. The molecule has 4 atom stereocenters. The number of hydrogen-bond donors (Lipinski definition) is 5. The van der Waals surface area contributed by atoms with Gasteiger partial charge in [-0.05, 0) is 6.92 Å². The zero-order valence-corrected chi connectivity index (χ0v) is 10.2. The van der Waals surface area contributed by atoms with Crippen LogP contribution in [0.15, 0.2) is 0 Å². The highest BCUT2D eigenvalue weighted by Gasteiger charge is 2.31. The molecule has 0 radical (unpaired) electrons. The van der Waals surface area contributed by atoms with E-state index < -0.39 is 30.4 Å². The fourth-order valence-corrected chi connectivity index (χ4v) is 1.20. The van der Waals surface area contributed by atoms with Crippen LogP contribution in [-0.4, -0.2) is 70.0 Å². The summed E-state index contributed by atoms with van der Waals surface area (Å²) in [6.45, 7) is 0.808. The van der Waals surface area contributed by atoms with E-state index in [-0.39, 0.29) is 19.1 Å². The third-order valence-corrected chi connectivity index (χ3v) is 2.24. The lowest BCUT2D eigenvalue weighted by atomic mass is 10.1. The summed E-state index contributed by atoms with van der Waals surface area (Å²) in [5.74, 6) is -0.974. The summed E-state index contributed by atoms with van der Waals surface area (Å²) in [5, 5.41) is 39.1. The van der Waals surface area contributed by atoms with Gasteiger partial charge in [0.1, 0.15) is 18.0 Å². The van der Waals surface area contributed by atoms with Crippen molar-refractivity contribution in [3.63, 3.8) is 0 Å². The SMILES string of the molecule is C[C@@H](O)[C@H](O)C(NC(=O)CCl)[C@H](O)OCCO. The van der Waals surface area contributed by atoms with Gasteiger partial charge in [-0.3, -0.25) is 4.79 Å². The van der Waals surface area contributed by atoms with E-state index in [0.717, 1.165) is 0 Å². The fourth-order valence-electron chi connectivity index (χ4n) is 1.13. The lowest BCUT2D eigenvalue weighted by molar-refractivity contribution is -0.161. The molecule has 0 fully saturated rings. The molecule has 0 aliphatic rings. The molecule has 0 aliphatic carbocycles. The molecule has 0 heterocycles. The Morgan fingerprint density at radius 1 is 1.41 bits per heavy atom. The van der Waals surface area contributed by atoms with Crippen molar-refractivity contribution in [3.05, 3.63) is 0 Å². The van der Waals surface area contributed by atoms with Crippen LogP contribution in [0.4, 0.5) is 0 Å². The average molecular weight is 272 g/mol. The molecule has 7 nitrogen and oxygen atoms in total. The molecular formula is C9H18ClNO6. The first-order valence-corrected chi connectivity index (χ1v) is 5.59. The molecule has 0 aliphatic heterocycles. The highest BCUT2D eigenvalue weighted by molar-refractivity contribution is 6.27. The van der Waals surface area contributed by atoms with Crippen molar-refractivity contribution in [3.8, 4) is 0 Å². The minimum atomic E-state index is -1.56. The molecular weight excluding hydrogens is 254 g/mol. The third kappa shape index (κ3) is 6.16. The standard InChI is InChI=1S/C9H18ClNO6/c1-5(13)8(15)7(11-6(14)4-10)9(16)17-3-2-12/h5,7-9,12-13,15-16H,2-4H2,1H3,(H,11,14)/t5-,7?,8+,9-/m1/s1. The third-order valence-electron chi connectivity index (χ3n) is 2.00.